The van der Waals surface area contributed by atoms with Crippen LogP contribution in [0.25, 0.3) is 0 Å². The summed E-state index contributed by atoms with van der Waals surface area (Å²) in [7, 11) is 2.11. The third kappa shape index (κ3) is 6.95. The van der Waals surface area contributed by atoms with Crippen LogP contribution in [0.3, 0.4) is 0 Å². The molecule has 1 aromatic rings. The molecule has 0 fully saturated rings. The molecule has 0 saturated carbocycles. The summed E-state index contributed by atoms with van der Waals surface area (Å²) in [6, 6.07) is 0. The van der Waals surface area contributed by atoms with E-state index in [-0.39, 0.29) is 24.0 Å². The maximum atomic E-state index is 4.77. The molecule has 1 aromatic heterocycles. The second-order valence-electron chi connectivity index (χ2n) is 6.37. The lowest BCUT2D eigenvalue weighted by Gasteiger charge is -2.22. The van der Waals surface area contributed by atoms with E-state index < -0.39 is 0 Å². The number of allylic oxidation sites excluding steroid dienone is 1. The Kier molecular flexibility index (Phi) is 10.8. The Morgan fingerprint density at radius 3 is 2.92 bits per heavy atom. The highest BCUT2D eigenvalue weighted by molar-refractivity contribution is 14.0. The van der Waals surface area contributed by atoms with Gasteiger partial charge in [-0.2, -0.15) is 0 Å². The number of fused-ring (bicyclic) bond motifs is 1. The van der Waals surface area contributed by atoms with Crippen molar-refractivity contribution in [3.05, 3.63) is 24.3 Å². The fourth-order valence-electron chi connectivity index (χ4n) is 3.02. The summed E-state index contributed by atoms with van der Waals surface area (Å²) in [6.07, 6.45) is 10.2. The van der Waals surface area contributed by atoms with Crippen molar-refractivity contribution in [3.63, 3.8) is 0 Å². The lowest BCUT2D eigenvalue weighted by atomic mass is 10.2. The first-order valence-corrected chi connectivity index (χ1v) is 9.27. The second kappa shape index (κ2) is 12.3. The highest BCUT2D eigenvalue weighted by Crippen LogP contribution is 2.14. The number of unbranched alkanes of at least 4 members (excludes halogenated alkanes) is 3. The van der Waals surface area contributed by atoms with Gasteiger partial charge in [-0.1, -0.05) is 12.5 Å². The summed E-state index contributed by atoms with van der Waals surface area (Å²) >= 11 is 0. The standard InChI is InChI=1S/C18H32N6.HI/c1-4-6-7-8-10-13-23(3)18(19-5-2)20-15-17-22-21-16-12-9-11-14-24(16)17;/h4H,1,5-15H2,2-3H3,(H,19,20);1H. The summed E-state index contributed by atoms with van der Waals surface area (Å²) in [6.45, 7) is 9.39. The first kappa shape index (κ1) is 21.9. The van der Waals surface area contributed by atoms with Crippen molar-refractivity contribution in [3.8, 4) is 0 Å². The molecule has 1 N–H and O–H groups in total. The van der Waals surface area contributed by atoms with Crippen molar-refractivity contribution < 1.29 is 0 Å². The normalized spacial score (nSPS) is 13.8. The first-order valence-electron chi connectivity index (χ1n) is 9.27. The molecule has 1 aliphatic rings. The minimum Gasteiger partial charge on any atom is -0.357 e. The number of halogens is 1. The van der Waals surface area contributed by atoms with Crippen LogP contribution in [0.4, 0.5) is 0 Å². The number of rotatable bonds is 9. The molecule has 1 aliphatic heterocycles. The van der Waals surface area contributed by atoms with Gasteiger partial charge < -0.3 is 14.8 Å². The van der Waals surface area contributed by atoms with Crippen LogP contribution in [0.2, 0.25) is 0 Å². The van der Waals surface area contributed by atoms with Crippen molar-refractivity contribution in [2.75, 3.05) is 20.1 Å². The van der Waals surface area contributed by atoms with E-state index in [1.165, 1.54) is 32.1 Å². The molecule has 142 valence electrons. The quantitative estimate of drug-likeness (QED) is 0.202. The zero-order valence-electron chi connectivity index (χ0n) is 15.7. The van der Waals surface area contributed by atoms with Crippen LogP contribution in [0.1, 0.15) is 57.1 Å². The molecule has 0 radical (unpaired) electrons. The molecule has 25 heavy (non-hydrogen) atoms. The van der Waals surface area contributed by atoms with Crippen LogP contribution >= 0.6 is 24.0 Å². The minimum atomic E-state index is 0. The second-order valence-corrected chi connectivity index (χ2v) is 6.37. The maximum absolute atomic E-state index is 4.77. The monoisotopic (exact) mass is 460 g/mol. The van der Waals surface area contributed by atoms with E-state index in [2.05, 4.69) is 45.5 Å². The molecule has 6 nitrogen and oxygen atoms in total. The molecule has 0 saturated heterocycles. The molecule has 0 unspecified atom stereocenters. The number of nitrogens with one attached hydrogen (secondary N) is 1. The molecule has 0 aliphatic carbocycles. The van der Waals surface area contributed by atoms with Crippen molar-refractivity contribution in [1.29, 1.82) is 0 Å². The van der Waals surface area contributed by atoms with Crippen molar-refractivity contribution >= 4 is 29.9 Å². The van der Waals surface area contributed by atoms with E-state index in [9.17, 15) is 0 Å². The number of guanidine groups is 1. The van der Waals surface area contributed by atoms with Gasteiger partial charge in [0.25, 0.3) is 0 Å². The van der Waals surface area contributed by atoms with Gasteiger partial charge in [0.15, 0.2) is 11.8 Å². The summed E-state index contributed by atoms with van der Waals surface area (Å²) < 4.78 is 2.24. The van der Waals surface area contributed by atoms with E-state index in [1.807, 2.05) is 6.08 Å². The third-order valence-electron chi connectivity index (χ3n) is 4.40. The zero-order chi connectivity index (χ0) is 17.2. The molecule has 0 amide bonds. The maximum Gasteiger partial charge on any atom is 0.194 e. The number of aromatic nitrogens is 3. The van der Waals surface area contributed by atoms with E-state index in [0.29, 0.717) is 6.54 Å². The van der Waals surface area contributed by atoms with Crippen molar-refractivity contribution in [2.45, 2.75) is 65.0 Å². The molecule has 2 rings (SSSR count). The topological polar surface area (TPSA) is 58.3 Å². The van der Waals surface area contributed by atoms with Gasteiger partial charge in [0.05, 0.1) is 0 Å². The lowest BCUT2D eigenvalue weighted by molar-refractivity contribution is 0.454. The predicted octanol–water partition coefficient (Wildman–Crippen LogP) is 3.38. The highest BCUT2D eigenvalue weighted by Gasteiger charge is 2.15. The Bertz CT molecular complexity index is 540. The first-order chi connectivity index (χ1) is 11.8. The molecule has 2 heterocycles. The van der Waals surface area contributed by atoms with E-state index in [1.54, 1.807) is 0 Å². The number of nitrogens with zero attached hydrogens (tertiary/aromatic N) is 5. The zero-order valence-corrected chi connectivity index (χ0v) is 18.0. The van der Waals surface area contributed by atoms with Gasteiger partial charge >= 0.3 is 0 Å². The van der Waals surface area contributed by atoms with Crippen LogP contribution in [0.5, 0.6) is 0 Å². The Hall–Kier alpha value is -1.12. The Morgan fingerprint density at radius 2 is 2.16 bits per heavy atom. The fourth-order valence-corrected chi connectivity index (χ4v) is 3.02. The Labute approximate surface area is 169 Å². The molecule has 0 spiro atoms. The number of hydrogen-bond acceptors (Lipinski definition) is 3. The van der Waals surface area contributed by atoms with Crippen LogP contribution < -0.4 is 5.32 Å². The van der Waals surface area contributed by atoms with Crippen LogP contribution in [-0.4, -0.2) is 45.8 Å². The van der Waals surface area contributed by atoms with Crippen LogP contribution in [-0.2, 0) is 19.5 Å². The predicted molar refractivity (Wildman–Crippen MR) is 114 cm³/mol. The third-order valence-corrected chi connectivity index (χ3v) is 4.40. The summed E-state index contributed by atoms with van der Waals surface area (Å²) in [4.78, 5) is 6.98. The average Bonchev–Trinajstić information content (AvgIpc) is 3.01. The number of aliphatic imine (C=N–C) groups is 1. The van der Waals surface area contributed by atoms with Gasteiger partial charge in [-0.25, -0.2) is 4.99 Å². The summed E-state index contributed by atoms with van der Waals surface area (Å²) in [5.41, 5.74) is 0. The molecule has 0 bridgehead atoms. The van der Waals surface area contributed by atoms with Gasteiger partial charge in [0.2, 0.25) is 0 Å². The van der Waals surface area contributed by atoms with Crippen molar-refractivity contribution in [1.82, 2.24) is 25.0 Å². The largest absolute Gasteiger partial charge is 0.357 e. The van der Waals surface area contributed by atoms with Gasteiger partial charge in [-0.05, 0) is 39.0 Å². The van der Waals surface area contributed by atoms with E-state index in [0.717, 1.165) is 50.1 Å². The molecule has 7 heteroatoms. The highest BCUT2D eigenvalue weighted by atomic mass is 127. The minimum absolute atomic E-state index is 0. The van der Waals surface area contributed by atoms with Gasteiger partial charge in [0.1, 0.15) is 12.4 Å². The van der Waals surface area contributed by atoms with Crippen molar-refractivity contribution in [2.24, 2.45) is 4.99 Å². The smallest absolute Gasteiger partial charge is 0.194 e. The van der Waals surface area contributed by atoms with Gasteiger partial charge in [0, 0.05) is 33.1 Å². The van der Waals surface area contributed by atoms with Crippen LogP contribution in [0.15, 0.2) is 17.6 Å². The lowest BCUT2D eigenvalue weighted by Crippen LogP contribution is -2.39. The van der Waals surface area contributed by atoms with Gasteiger partial charge in [-0.3, -0.25) is 0 Å². The van der Waals surface area contributed by atoms with Crippen LogP contribution in [0, 0.1) is 0 Å². The molecule has 0 aromatic carbocycles. The Balaban J connectivity index is 0.00000312. The average molecular weight is 460 g/mol. The summed E-state index contributed by atoms with van der Waals surface area (Å²) in [5, 5.41) is 12.0. The Morgan fingerprint density at radius 1 is 1.32 bits per heavy atom. The fraction of sp³-hybridized carbons (Fsp3) is 0.722. The molecular weight excluding hydrogens is 427 g/mol. The number of hydrogen-bond donors (Lipinski definition) is 1. The molecule has 0 atom stereocenters. The van der Waals surface area contributed by atoms with E-state index >= 15 is 0 Å². The van der Waals surface area contributed by atoms with Gasteiger partial charge in [-0.15, -0.1) is 40.8 Å². The molecular formula is C18H33IN6. The summed E-state index contributed by atoms with van der Waals surface area (Å²) in [5.74, 6) is 3.06. The van der Waals surface area contributed by atoms with E-state index in [4.69, 9.17) is 4.99 Å². The number of aryl methyl sites for hydroxylation is 1. The SMILES string of the molecule is C=CCCCCCN(C)C(=NCc1nnc2n1CCCC2)NCC.I.